The Bertz CT molecular complexity index is 245. The third kappa shape index (κ3) is 3.22. The minimum atomic E-state index is -0.608. The first-order valence-corrected chi connectivity index (χ1v) is 6.07. The molecular formula is C12H21NO3. The Kier molecular flexibility index (Phi) is 5.29. The van der Waals surface area contributed by atoms with Crippen LogP contribution in [0.15, 0.2) is 0 Å². The zero-order chi connectivity index (χ0) is 12.0. The van der Waals surface area contributed by atoms with Gasteiger partial charge in [0, 0.05) is 13.1 Å². The molecule has 0 aromatic rings. The third-order valence-corrected chi connectivity index (χ3v) is 3.11. The standard InChI is InChI=1S/C12H21NO3/c1-3-10(12(15)16-2)11(14)13-8-6-4-5-7-9-13/h10H,3-9H2,1-2H3. The van der Waals surface area contributed by atoms with Crippen LogP contribution in [0.5, 0.6) is 0 Å². The summed E-state index contributed by atoms with van der Waals surface area (Å²) in [5, 5.41) is 0. The van der Waals surface area contributed by atoms with Gasteiger partial charge in [0.25, 0.3) is 0 Å². The summed E-state index contributed by atoms with van der Waals surface area (Å²) in [6.45, 7) is 3.41. The Hall–Kier alpha value is -1.06. The van der Waals surface area contributed by atoms with Gasteiger partial charge in [0.2, 0.25) is 5.91 Å². The van der Waals surface area contributed by atoms with E-state index >= 15 is 0 Å². The molecule has 0 saturated carbocycles. The van der Waals surface area contributed by atoms with Crippen molar-refractivity contribution in [2.45, 2.75) is 39.0 Å². The number of esters is 1. The van der Waals surface area contributed by atoms with Crippen molar-refractivity contribution in [3.05, 3.63) is 0 Å². The molecule has 16 heavy (non-hydrogen) atoms. The number of rotatable bonds is 3. The van der Waals surface area contributed by atoms with Crippen molar-refractivity contribution in [3.63, 3.8) is 0 Å². The van der Waals surface area contributed by atoms with Crippen LogP contribution in [0.3, 0.4) is 0 Å². The molecule has 0 aromatic heterocycles. The maximum atomic E-state index is 12.1. The molecular weight excluding hydrogens is 206 g/mol. The monoisotopic (exact) mass is 227 g/mol. The van der Waals surface area contributed by atoms with Crippen LogP contribution in [0.25, 0.3) is 0 Å². The van der Waals surface area contributed by atoms with Crippen molar-refractivity contribution in [1.29, 1.82) is 0 Å². The number of likely N-dealkylation sites (tertiary alicyclic amines) is 1. The van der Waals surface area contributed by atoms with Crippen LogP contribution < -0.4 is 0 Å². The van der Waals surface area contributed by atoms with Crippen LogP contribution in [-0.4, -0.2) is 37.0 Å². The van der Waals surface area contributed by atoms with Gasteiger partial charge in [0.15, 0.2) is 0 Å². The Labute approximate surface area is 96.9 Å². The van der Waals surface area contributed by atoms with Gasteiger partial charge in [-0.15, -0.1) is 0 Å². The molecule has 1 fully saturated rings. The van der Waals surface area contributed by atoms with E-state index in [2.05, 4.69) is 4.74 Å². The van der Waals surface area contributed by atoms with Gasteiger partial charge in [-0.25, -0.2) is 0 Å². The number of hydrogen-bond acceptors (Lipinski definition) is 3. The molecule has 1 heterocycles. The molecule has 0 spiro atoms. The van der Waals surface area contributed by atoms with Crippen molar-refractivity contribution in [2.75, 3.05) is 20.2 Å². The predicted molar refractivity (Wildman–Crippen MR) is 60.8 cm³/mol. The Morgan fingerprint density at radius 2 is 1.75 bits per heavy atom. The second kappa shape index (κ2) is 6.51. The Morgan fingerprint density at radius 3 is 2.19 bits per heavy atom. The molecule has 92 valence electrons. The van der Waals surface area contributed by atoms with Crippen molar-refractivity contribution in [3.8, 4) is 0 Å². The minimum absolute atomic E-state index is 0.0590. The number of ether oxygens (including phenoxy) is 1. The zero-order valence-electron chi connectivity index (χ0n) is 10.2. The van der Waals surface area contributed by atoms with Crippen LogP contribution in [0.1, 0.15) is 39.0 Å². The molecule has 1 unspecified atom stereocenters. The fourth-order valence-electron chi connectivity index (χ4n) is 2.10. The maximum Gasteiger partial charge on any atom is 0.318 e. The van der Waals surface area contributed by atoms with Gasteiger partial charge in [0.05, 0.1) is 7.11 Å². The molecule has 4 nitrogen and oxygen atoms in total. The molecule has 0 aromatic carbocycles. The average molecular weight is 227 g/mol. The zero-order valence-corrected chi connectivity index (χ0v) is 10.2. The first-order chi connectivity index (χ1) is 7.70. The highest BCUT2D eigenvalue weighted by Crippen LogP contribution is 2.15. The second-order valence-corrected chi connectivity index (χ2v) is 4.22. The number of carbonyl (C=O) groups is 2. The number of nitrogens with zero attached hydrogens (tertiary/aromatic N) is 1. The molecule has 1 aliphatic rings. The smallest absolute Gasteiger partial charge is 0.318 e. The molecule has 0 bridgehead atoms. The van der Waals surface area contributed by atoms with E-state index in [1.165, 1.54) is 20.0 Å². The molecule has 0 aliphatic carbocycles. The number of methoxy groups -OCH3 is 1. The molecule has 0 N–H and O–H groups in total. The summed E-state index contributed by atoms with van der Waals surface area (Å²) >= 11 is 0. The molecule has 1 amide bonds. The minimum Gasteiger partial charge on any atom is -0.468 e. The predicted octanol–water partition coefficient (Wildman–Crippen LogP) is 1.59. The average Bonchev–Trinajstić information content (AvgIpc) is 2.58. The SMILES string of the molecule is CCC(C(=O)OC)C(=O)N1CCCCCC1. The van der Waals surface area contributed by atoms with Gasteiger partial charge >= 0.3 is 5.97 Å². The van der Waals surface area contributed by atoms with Crippen LogP contribution >= 0.6 is 0 Å². The first-order valence-electron chi connectivity index (χ1n) is 6.07. The topological polar surface area (TPSA) is 46.6 Å². The van der Waals surface area contributed by atoms with E-state index in [0.717, 1.165) is 25.9 Å². The highest BCUT2D eigenvalue weighted by Gasteiger charge is 2.29. The second-order valence-electron chi connectivity index (χ2n) is 4.22. The largest absolute Gasteiger partial charge is 0.468 e. The van der Waals surface area contributed by atoms with Crippen LogP contribution in [0.2, 0.25) is 0 Å². The van der Waals surface area contributed by atoms with Crippen LogP contribution in [0.4, 0.5) is 0 Å². The van der Waals surface area contributed by atoms with Crippen molar-refractivity contribution in [2.24, 2.45) is 5.92 Å². The van der Waals surface area contributed by atoms with Crippen molar-refractivity contribution >= 4 is 11.9 Å². The maximum absolute atomic E-state index is 12.1. The fourth-order valence-corrected chi connectivity index (χ4v) is 2.10. The van der Waals surface area contributed by atoms with Gasteiger partial charge in [-0.2, -0.15) is 0 Å². The Morgan fingerprint density at radius 1 is 1.19 bits per heavy atom. The molecule has 1 rings (SSSR count). The van der Waals surface area contributed by atoms with E-state index in [1.807, 2.05) is 11.8 Å². The molecule has 0 radical (unpaired) electrons. The molecule has 1 saturated heterocycles. The summed E-state index contributed by atoms with van der Waals surface area (Å²) in [4.78, 5) is 25.4. The van der Waals surface area contributed by atoms with E-state index in [1.54, 1.807) is 0 Å². The van der Waals surface area contributed by atoms with Crippen LogP contribution in [-0.2, 0) is 14.3 Å². The van der Waals surface area contributed by atoms with E-state index in [9.17, 15) is 9.59 Å². The van der Waals surface area contributed by atoms with Gasteiger partial charge < -0.3 is 9.64 Å². The lowest BCUT2D eigenvalue weighted by Gasteiger charge is -2.24. The first kappa shape index (κ1) is 13.0. The summed E-state index contributed by atoms with van der Waals surface area (Å²) in [5.41, 5.74) is 0. The van der Waals surface area contributed by atoms with Gasteiger partial charge in [-0.3, -0.25) is 9.59 Å². The van der Waals surface area contributed by atoms with Crippen LogP contribution in [0, 0.1) is 5.92 Å². The lowest BCUT2D eigenvalue weighted by Crippen LogP contribution is -2.40. The normalized spacial score (nSPS) is 18.8. The summed E-state index contributed by atoms with van der Waals surface area (Å²) in [5.74, 6) is -1.07. The molecule has 1 atom stereocenters. The van der Waals surface area contributed by atoms with Crippen molar-refractivity contribution < 1.29 is 14.3 Å². The summed E-state index contributed by atoms with van der Waals surface area (Å²) in [7, 11) is 1.33. The van der Waals surface area contributed by atoms with E-state index in [0.29, 0.717) is 6.42 Å². The number of hydrogen-bond donors (Lipinski definition) is 0. The Balaban J connectivity index is 2.62. The number of amides is 1. The lowest BCUT2D eigenvalue weighted by molar-refractivity contribution is -0.153. The lowest BCUT2D eigenvalue weighted by atomic mass is 10.1. The van der Waals surface area contributed by atoms with Gasteiger partial charge in [-0.05, 0) is 19.3 Å². The van der Waals surface area contributed by atoms with E-state index in [-0.39, 0.29) is 5.91 Å². The summed E-state index contributed by atoms with van der Waals surface area (Å²) in [6.07, 6.45) is 4.96. The van der Waals surface area contributed by atoms with Gasteiger partial charge in [0.1, 0.15) is 5.92 Å². The molecule has 4 heteroatoms. The summed E-state index contributed by atoms with van der Waals surface area (Å²) < 4.78 is 4.66. The van der Waals surface area contributed by atoms with E-state index < -0.39 is 11.9 Å². The molecule has 1 aliphatic heterocycles. The summed E-state index contributed by atoms with van der Waals surface area (Å²) in [6, 6.07) is 0. The fraction of sp³-hybridized carbons (Fsp3) is 0.833. The highest BCUT2D eigenvalue weighted by molar-refractivity contribution is 5.97. The number of carbonyl (C=O) groups excluding carboxylic acids is 2. The highest BCUT2D eigenvalue weighted by atomic mass is 16.5. The third-order valence-electron chi connectivity index (χ3n) is 3.11. The van der Waals surface area contributed by atoms with E-state index in [4.69, 9.17) is 0 Å². The quantitative estimate of drug-likeness (QED) is 0.543. The van der Waals surface area contributed by atoms with Gasteiger partial charge in [-0.1, -0.05) is 19.8 Å². The van der Waals surface area contributed by atoms with Crippen molar-refractivity contribution in [1.82, 2.24) is 4.90 Å².